The van der Waals surface area contributed by atoms with Crippen molar-refractivity contribution in [3.63, 3.8) is 0 Å². The van der Waals surface area contributed by atoms with Gasteiger partial charge in [-0.3, -0.25) is 4.79 Å². The summed E-state index contributed by atoms with van der Waals surface area (Å²) in [7, 11) is -3.80. The predicted octanol–water partition coefficient (Wildman–Crippen LogP) is 2.88. The highest BCUT2D eigenvalue weighted by molar-refractivity contribution is 7.89. The molecule has 0 unspecified atom stereocenters. The maximum absolute atomic E-state index is 13.9. The molecule has 0 bridgehead atoms. The van der Waals surface area contributed by atoms with E-state index in [9.17, 15) is 17.6 Å². The zero-order valence-electron chi connectivity index (χ0n) is 15.4. The lowest BCUT2D eigenvalue weighted by Crippen LogP contribution is -2.50. The van der Waals surface area contributed by atoms with Crippen LogP contribution in [0.4, 0.5) is 15.8 Å². The summed E-state index contributed by atoms with van der Waals surface area (Å²) in [5, 5.41) is 2.13. The first kappa shape index (κ1) is 20.6. The van der Waals surface area contributed by atoms with E-state index in [-0.39, 0.29) is 23.8 Å². The minimum Gasteiger partial charge on any atom is -0.369 e. The summed E-state index contributed by atoms with van der Waals surface area (Å²) >= 11 is 5.67. The molecule has 0 atom stereocenters. The lowest BCUT2D eigenvalue weighted by atomic mass is 10.2. The normalized spacial score (nSPS) is 15.5. The van der Waals surface area contributed by atoms with Crippen molar-refractivity contribution in [3.8, 4) is 0 Å². The van der Waals surface area contributed by atoms with Gasteiger partial charge in [0.15, 0.2) is 5.82 Å². The molecule has 28 heavy (non-hydrogen) atoms. The number of rotatable bonds is 5. The molecule has 1 N–H and O–H groups in total. The Labute approximate surface area is 168 Å². The Kier molecular flexibility index (Phi) is 6.22. The topological polar surface area (TPSA) is 69.7 Å². The van der Waals surface area contributed by atoms with Gasteiger partial charge in [-0.05, 0) is 36.8 Å². The van der Waals surface area contributed by atoms with Crippen LogP contribution in [0.5, 0.6) is 0 Å². The number of nitrogens with zero attached hydrogens (tertiary/aromatic N) is 2. The van der Waals surface area contributed by atoms with Crippen molar-refractivity contribution < 1.29 is 17.6 Å². The van der Waals surface area contributed by atoms with E-state index in [0.29, 0.717) is 13.1 Å². The third kappa shape index (κ3) is 4.81. The van der Waals surface area contributed by atoms with Gasteiger partial charge in [0.2, 0.25) is 15.9 Å². The summed E-state index contributed by atoms with van der Waals surface area (Å²) in [5.41, 5.74) is 2.04. The molecule has 0 saturated carbocycles. The third-order valence-electron chi connectivity index (χ3n) is 4.54. The Hall–Kier alpha value is -2.16. The highest BCUT2D eigenvalue weighted by Gasteiger charge is 2.29. The average Bonchev–Trinajstić information content (AvgIpc) is 2.65. The second-order valence-electron chi connectivity index (χ2n) is 6.63. The molecule has 0 radical (unpaired) electrons. The number of piperazine rings is 1. The Morgan fingerprint density at radius 3 is 2.50 bits per heavy atom. The van der Waals surface area contributed by atoms with Crippen molar-refractivity contribution >= 4 is 38.9 Å². The number of hydrogen-bond donors (Lipinski definition) is 1. The van der Waals surface area contributed by atoms with Crippen LogP contribution in [0.25, 0.3) is 0 Å². The van der Waals surface area contributed by atoms with Crippen LogP contribution in [0.2, 0.25) is 5.02 Å². The zero-order valence-corrected chi connectivity index (χ0v) is 16.9. The van der Waals surface area contributed by atoms with Crippen LogP contribution in [0.15, 0.2) is 42.5 Å². The van der Waals surface area contributed by atoms with Gasteiger partial charge in [-0.1, -0.05) is 29.8 Å². The zero-order chi connectivity index (χ0) is 20.3. The van der Waals surface area contributed by atoms with Crippen LogP contribution >= 0.6 is 11.6 Å². The molecule has 2 aromatic carbocycles. The molecule has 1 aliphatic heterocycles. The summed E-state index contributed by atoms with van der Waals surface area (Å²) in [6.45, 7) is 3.65. The number of carbonyl (C=O) groups is 1. The van der Waals surface area contributed by atoms with Crippen LogP contribution in [0.3, 0.4) is 0 Å². The molecule has 1 aliphatic rings. The van der Waals surface area contributed by atoms with Gasteiger partial charge in [0.1, 0.15) is 5.75 Å². The maximum Gasteiger partial charge on any atom is 0.241 e. The summed E-state index contributed by atoms with van der Waals surface area (Å²) in [6, 6.07) is 12.2. The minimum absolute atomic E-state index is 0.142. The first-order chi connectivity index (χ1) is 13.3. The van der Waals surface area contributed by atoms with E-state index in [1.54, 1.807) is 0 Å². The van der Waals surface area contributed by atoms with E-state index in [1.165, 1.54) is 22.5 Å². The molecule has 1 heterocycles. The van der Waals surface area contributed by atoms with Gasteiger partial charge in [-0.25, -0.2) is 12.8 Å². The molecule has 0 aromatic heterocycles. The van der Waals surface area contributed by atoms with Crippen LogP contribution in [0.1, 0.15) is 5.56 Å². The number of anilines is 2. The van der Waals surface area contributed by atoms with Crippen LogP contribution in [0, 0.1) is 12.7 Å². The summed E-state index contributed by atoms with van der Waals surface area (Å²) in [5.74, 6) is -2.34. The van der Waals surface area contributed by atoms with E-state index in [0.717, 1.165) is 11.3 Å². The average molecular weight is 426 g/mol. The van der Waals surface area contributed by atoms with E-state index >= 15 is 0 Å². The molecule has 150 valence electrons. The maximum atomic E-state index is 13.9. The molecule has 1 saturated heterocycles. The van der Waals surface area contributed by atoms with Crippen molar-refractivity contribution in [1.29, 1.82) is 0 Å². The molecular formula is C19H21ClFN3O3S. The number of nitrogens with one attached hydrogen (secondary N) is 1. The molecule has 1 fully saturated rings. The minimum atomic E-state index is -3.80. The first-order valence-electron chi connectivity index (χ1n) is 8.79. The fourth-order valence-electron chi connectivity index (χ4n) is 3.09. The number of halogens is 2. The largest absolute Gasteiger partial charge is 0.369 e. The fraction of sp³-hybridized carbons (Fsp3) is 0.316. The van der Waals surface area contributed by atoms with Crippen LogP contribution < -0.4 is 10.2 Å². The van der Waals surface area contributed by atoms with Gasteiger partial charge in [-0.2, -0.15) is 4.31 Å². The van der Waals surface area contributed by atoms with E-state index in [4.69, 9.17) is 11.6 Å². The monoisotopic (exact) mass is 425 g/mol. The van der Waals surface area contributed by atoms with Gasteiger partial charge in [0.25, 0.3) is 0 Å². The number of amides is 1. The SMILES string of the molecule is Cc1cccc(N2CCN(S(=O)(=O)CC(=O)Nc3cccc(Cl)c3F)CC2)c1. The summed E-state index contributed by atoms with van der Waals surface area (Å²) in [4.78, 5) is 14.2. The second-order valence-corrected chi connectivity index (χ2v) is 9.01. The molecule has 1 amide bonds. The lowest BCUT2D eigenvalue weighted by molar-refractivity contribution is -0.114. The Morgan fingerprint density at radius 1 is 1.14 bits per heavy atom. The lowest BCUT2D eigenvalue weighted by Gasteiger charge is -2.35. The molecular weight excluding hydrogens is 405 g/mol. The van der Waals surface area contributed by atoms with Crippen molar-refractivity contribution in [2.24, 2.45) is 0 Å². The first-order valence-corrected chi connectivity index (χ1v) is 10.8. The van der Waals surface area contributed by atoms with Crippen molar-refractivity contribution in [2.75, 3.05) is 42.1 Å². The molecule has 0 spiro atoms. The molecule has 6 nitrogen and oxygen atoms in total. The molecule has 3 rings (SSSR count). The van der Waals surface area contributed by atoms with Crippen molar-refractivity contribution in [2.45, 2.75) is 6.92 Å². The molecule has 9 heteroatoms. The standard InChI is InChI=1S/C19H21ClFN3O3S/c1-14-4-2-5-15(12-14)23-8-10-24(11-9-23)28(26,27)13-18(25)22-17-7-3-6-16(20)19(17)21/h2-7,12H,8-11,13H2,1H3,(H,22,25). The van der Waals surface area contributed by atoms with E-state index in [1.807, 2.05) is 25.1 Å². The van der Waals surface area contributed by atoms with Crippen LogP contribution in [-0.4, -0.2) is 50.6 Å². The number of hydrogen-bond acceptors (Lipinski definition) is 4. The van der Waals surface area contributed by atoms with Gasteiger partial charge >= 0.3 is 0 Å². The predicted molar refractivity (Wildman–Crippen MR) is 109 cm³/mol. The Balaban J connectivity index is 1.59. The van der Waals surface area contributed by atoms with Gasteiger partial charge < -0.3 is 10.2 Å². The van der Waals surface area contributed by atoms with Gasteiger partial charge in [0, 0.05) is 31.9 Å². The molecule has 2 aromatic rings. The summed E-state index contributed by atoms with van der Waals surface area (Å²) < 4.78 is 40.3. The third-order valence-corrected chi connectivity index (χ3v) is 6.61. The Bertz CT molecular complexity index is 976. The highest BCUT2D eigenvalue weighted by atomic mass is 35.5. The van der Waals surface area contributed by atoms with Gasteiger partial charge in [0.05, 0.1) is 10.7 Å². The van der Waals surface area contributed by atoms with Crippen LogP contribution in [-0.2, 0) is 14.8 Å². The quantitative estimate of drug-likeness (QED) is 0.799. The van der Waals surface area contributed by atoms with Gasteiger partial charge in [-0.15, -0.1) is 0 Å². The number of benzene rings is 2. The number of aryl methyl sites for hydroxylation is 1. The Morgan fingerprint density at radius 2 is 1.82 bits per heavy atom. The van der Waals surface area contributed by atoms with Crippen molar-refractivity contribution in [3.05, 3.63) is 58.9 Å². The number of carbonyl (C=O) groups excluding carboxylic acids is 1. The fourth-order valence-corrected chi connectivity index (χ4v) is 4.57. The number of sulfonamides is 1. The molecule has 0 aliphatic carbocycles. The smallest absolute Gasteiger partial charge is 0.241 e. The van der Waals surface area contributed by atoms with Crippen molar-refractivity contribution in [1.82, 2.24) is 4.31 Å². The van der Waals surface area contributed by atoms with E-state index in [2.05, 4.69) is 16.3 Å². The highest BCUT2D eigenvalue weighted by Crippen LogP contribution is 2.22. The summed E-state index contributed by atoms with van der Waals surface area (Å²) in [6.07, 6.45) is 0. The second kappa shape index (κ2) is 8.46. The van der Waals surface area contributed by atoms with E-state index < -0.39 is 27.5 Å².